The van der Waals surface area contributed by atoms with Crippen molar-refractivity contribution in [2.45, 2.75) is 51.1 Å². The van der Waals surface area contributed by atoms with Crippen molar-refractivity contribution in [2.75, 3.05) is 35.7 Å². The Labute approximate surface area is 241 Å². The first-order valence-corrected chi connectivity index (χ1v) is 13.7. The maximum Gasteiger partial charge on any atom is 0.419 e. The van der Waals surface area contributed by atoms with Crippen molar-refractivity contribution < 1.29 is 32.6 Å². The third kappa shape index (κ3) is 5.70. The summed E-state index contributed by atoms with van der Waals surface area (Å²) in [4.78, 5) is 34.0. The van der Waals surface area contributed by atoms with E-state index in [0.29, 0.717) is 43.1 Å². The molecule has 12 heteroatoms. The number of rotatable bonds is 8. The summed E-state index contributed by atoms with van der Waals surface area (Å²) in [6.07, 6.45) is -2.56. The summed E-state index contributed by atoms with van der Waals surface area (Å²) < 4.78 is 47.3. The van der Waals surface area contributed by atoms with Crippen LogP contribution in [-0.2, 0) is 34.0 Å². The Morgan fingerprint density at radius 1 is 1.19 bits per heavy atom. The van der Waals surface area contributed by atoms with Gasteiger partial charge in [-0.15, -0.1) is 0 Å². The van der Waals surface area contributed by atoms with Crippen LogP contribution in [-0.4, -0.2) is 47.2 Å². The van der Waals surface area contributed by atoms with Crippen molar-refractivity contribution >= 4 is 34.9 Å². The number of ether oxygens (including phenoxy) is 1. The van der Waals surface area contributed by atoms with Gasteiger partial charge in [-0.1, -0.05) is 12.1 Å². The molecule has 0 atom stereocenters. The second kappa shape index (κ2) is 11.1. The molecular weight excluding hydrogens is 551 g/mol. The van der Waals surface area contributed by atoms with E-state index < -0.39 is 23.1 Å². The van der Waals surface area contributed by atoms with Crippen LogP contribution in [0.3, 0.4) is 0 Å². The fourth-order valence-corrected chi connectivity index (χ4v) is 5.69. The molecule has 0 aliphatic carbocycles. The number of halogens is 3. The van der Waals surface area contributed by atoms with E-state index in [1.165, 1.54) is 7.11 Å². The molecule has 1 fully saturated rings. The Hall–Kier alpha value is -4.35. The number of carboxylic acids is 1. The molecule has 3 N–H and O–H groups in total. The van der Waals surface area contributed by atoms with Crippen LogP contribution in [0.15, 0.2) is 42.6 Å². The fraction of sp³-hybridized carbons (Fsp3) is 0.400. The number of nitrogens with zero attached hydrogens (tertiary/aromatic N) is 3. The quantitative estimate of drug-likeness (QED) is 0.316. The van der Waals surface area contributed by atoms with Gasteiger partial charge < -0.3 is 25.4 Å². The summed E-state index contributed by atoms with van der Waals surface area (Å²) in [5.41, 5.74) is 1.68. The third-order valence-corrected chi connectivity index (χ3v) is 8.04. The first kappa shape index (κ1) is 29.2. The Morgan fingerprint density at radius 2 is 1.93 bits per heavy atom. The van der Waals surface area contributed by atoms with E-state index >= 15 is 0 Å². The number of alkyl halides is 3. The summed E-state index contributed by atoms with van der Waals surface area (Å²) in [6, 6.07) is 10.8. The molecule has 5 rings (SSSR count). The Morgan fingerprint density at radius 3 is 2.60 bits per heavy atom. The van der Waals surface area contributed by atoms with E-state index in [1.807, 2.05) is 12.1 Å². The Balaban J connectivity index is 1.37. The van der Waals surface area contributed by atoms with Crippen molar-refractivity contribution in [3.8, 4) is 5.75 Å². The van der Waals surface area contributed by atoms with Gasteiger partial charge in [0.2, 0.25) is 11.9 Å². The van der Waals surface area contributed by atoms with E-state index in [-0.39, 0.29) is 36.3 Å². The van der Waals surface area contributed by atoms with E-state index in [1.54, 1.807) is 38.1 Å². The van der Waals surface area contributed by atoms with Gasteiger partial charge in [-0.2, -0.15) is 13.2 Å². The summed E-state index contributed by atoms with van der Waals surface area (Å²) in [5, 5.41) is 15.1. The monoisotopic (exact) mass is 583 g/mol. The van der Waals surface area contributed by atoms with Crippen molar-refractivity contribution in [1.29, 1.82) is 0 Å². The number of aryl methyl sites for hydroxylation is 2. The van der Waals surface area contributed by atoms with Crippen molar-refractivity contribution in [2.24, 2.45) is 5.92 Å². The smallest absolute Gasteiger partial charge is 0.419 e. The first-order chi connectivity index (χ1) is 19.9. The molecule has 1 aromatic heterocycles. The van der Waals surface area contributed by atoms with Crippen molar-refractivity contribution in [3.05, 3.63) is 65.0 Å². The number of hydrogen-bond acceptors (Lipinski definition) is 7. The third-order valence-electron chi connectivity index (χ3n) is 8.04. The molecule has 0 spiro atoms. The molecule has 2 aliphatic rings. The number of carboxylic acid groups (broad SMARTS) is 1. The zero-order valence-corrected chi connectivity index (χ0v) is 23.5. The summed E-state index contributed by atoms with van der Waals surface area (Å²) in [6.45, 7) is 4.76. The molecule has 0 unspecified atom stereocenters. The van der Waals surface area contributed by atoms with Gasteiger partial charge in [-0.3, -0.25) is 9.59 Å². The molecule has 0 radical (unpaired) electrons. The van der Waals surface area contributed by atoms with Crippen molar-refractivity contribution in [3.63, 3.8) is 0 Å². The minimum atomic E-state index is -4.64. The summed E-state index contributed by atoms with van der Waals surface area (Å²) in [7, 11) is 1.49. The predicted octanol–water partition coefficient (Wildman–Crippen LogP) is 5.56. The molecule has 9 nitrogen and oxygen atoms in total. The fourth-order valence-electron chi connectivity index (χ4n) is 5.69. The second-order valence-corrected chi connectivity index (χ2v) is 11.1. The largest absolute Gasteiger partial charge is 0.494 e. The standard InChI is InChI=1S/C30H32F3N5O4/c1-29(2)25-17(5-4-6-23(25)35-27(29)41)7-9-21-20(30(31,32)33)16-34-28(36-21)37-22-10-8-19(15-24(22)42-3)38-13-11-18(12-14-38)26(39)40/h4-6,8,10,15-16,18H,7,9,11-14H2,1-3H3,(H,35,41)(H,39,40)(H,34,36,37). The van der Waals surface area contributed by atoms with Gasteiger partial charge in [0.1, 0.15) is 5.75 Å². The van der Waals surface area contributed by atoms with E-state index in [4.69, 9.17) is 4.74 Å². The van der Waals surface area contributed by atoms with E-state index in [2.05, 4.69) is 25.5 Å². The summed E-state index contributed by atoms with van der Waals surface area (Å²) >= 11 is 0. The maximum atomic E-state index is 13.9. The zero-order valence-electron chi connectivity index (χ0n) is 23.5. The van der Waals surface area contributed by atoms with E-state index in [0.717, 1.165) is 23.0 Å². The van der Waals surface area contributed by atoms with Crippen LogP contribution < -0.4 is 20.3 Å². The number of anilines is 4. The number of hydrogen-bond donors (Lipinski definition) is 3. The molecule has 0 bridgehead atoms. The number of methoxy groups -OCH3 is 1. The Kier molecular flexibility index (Phi) is 7.74. The number of carbonyl (C=O) groups excluding carboxylic acids is 1. The van der Waals surface area contributed by atoms with Gasteiger partial charge in [0.15, 0.2) is 0 Å². The molecule has 1 saturated heterocycles. The van der Waals surface area contributed by atoms with Crippen LogP contribution >= 0.6 is 0 Å². The highest BCUT2D eigenvalue weighted by molar-refractivity contribution is 6.06. The van der Waals surface area contributed by atoms with Gasteiger partial charge in [-0.05, 0) is 68.9 Å². The average molecular weight is 584 g/mol. The molecule has 3 aromatic rings. The molecule has 2 aromatic carbocycles. The van der Waals surface area contributed by atoms with Crippen LogP contribution in [0.25, 0.3) is 0 Å². The van der Waals surface area contributed by atoms with Crippen LogP contribution in [0.1, 0.15) is 49.1 Å². The van der Waals surface area contributed by atoms with Crippen LogP contribution in [0.2, 0.25) is 0 Å². The number of aromatic nitrogens is 2. The van der Waals surface area contributed by atoms with E-state index in [9.17, 15) is 27.9 Å². The normalized spacial score (nSPS) is 16.6. The lowest BCUT2D eigenvalue weighted by molar-refractivity contribution is -0.142. The van der Waals surface area contributed by atoms with Crippen LogP contribution in [0.4, 0.5) is 36.2 Å². The highest BCUT2D eigenvalue weighted by Gasteiger charge is 2.40. The number of carbonyl (C=O) groups is 2. The zero-order chi connectivity index (χ0) is 30.2. The summed E-state index contributed by atoms with van der Waals surface area (Å²) in [5.74, 6) is -0.868. The van der Waals surface area contributed by atoms with Gasteiger partial charge in [-0.25, -0.2) is 9.97 Å². The topological polar surface area (TPSA) is 117 Å². The molecule has 222 valence electrons. The molecule has 1 amide bonds. The minimum absolute atomic E-state index is 0.0122. The molecule has 42 heavy (non-hydrogen) atoms. The van der Waals surface area contributed by atoms with Crippen LogP contribution in [0.5, 0.6) is 5.75 Å². The number of piperidine rings is 1. The average Bonchev–Trinajstić information content (AvgIpc) is 3.19. The molecule has 0 saturated carbocycles. The number of nitrogens with one attached hydrogen (secondary N) is 2. The van der Waals surface area contributed by atoms with Gasteiger partial charge in [0.25, 0.3) is 0 Å². The SMILES string of the molecule is COc1cc(N2CCC(C(=O)O)CC2)ccc1Nc1ncc(C(F)(F)F)c(CCc2cccc3c2C(C)(C)C(=O)N3)n1. The molecule has 3 heterocycles. The minimum Gasteiger partial charge on any atom is -0.494 e. The predicted molar refractivity (Wildman–Crippen MR) is 151 cm³/mol. The first-order valence-electron chi connectivity index (χ1n) is 13.7. The maximum absolute atomic E-state index is 13.9. The second-order valence-electron chi connectivity index (χ2n) is 11.1. The number of amides is 1. The lowest BCUT2D eigenvalue weighted by atomic mass is 9.82. The highest BCUT2D eigenvalue weighted by atomic mass is 19.4. The Bertz CT molecular complexity index is 1520. The van der Waals surface area contributed by atoms with Gasteiger partial charge >= 0.3 is 12.1 Å². The lowest BCUT2D eigenvalue weighted by Gasteiger charge is -2.32. The molecular formula is C30H32F3N5O4. The van der Waals surface area contributed by atoms with Crippen molar-refractivity contribution in [1.82, 2.24) is 9.97 Å². The molecule has 2 aliphatic heterocycles. The van der Waals surface area contributed by atoms with Crippen LogP contribution in [0, 0.1) is 5.92 Å². The van der Waals surface area contributed by atoms with Gasteiger partial charge in [0.05, 0.1) is 35.4 Å². The number of fused-ring (bicyclic) bond motifs is 1. The highest BCUT2D eigenvalue weighted by Crippen LogP contribution is 2.41. The lowest BCUT2D eigenvalue weighted by Crippen LogP contribution is -2.36. The van der Waals surface area contributed by atoms with Gasteiger partial charge in [0, 0.05) is 36.7 Å². The number of benzene rings is 2. The number of aliphatic carboxylic acids is 1.